The van der Waals surface area contributed by atoms with Crippen molar-refractivity contribution in [2.24, 2.45) is 11.1 Å². The van der Waals surface area contributed by atoms with Crippen LogP contribution in [0.4, 0.5) is 5.82 Å². The van der Waals surface area contributed by atoms with Crippen LogP contribution in [0, 0.1) is 12.3 Å². The third kappa shape index (κ3) is 12.0. The van der Waals surface area contributed by atoms with Gasteiger partial charge in [0.05, 0.1) is 57.0 Å². The maximum absolute atomic E-state index is 14.0. The molecule has 4 N–H and O–H groups in total. The molecule has 6 rings (SSSR count). The summed E-state index contributed by atoms with van der Waals surface area (Å²) in [5.41, 5.74) is 7.75. The van der Waals surface area contributed by atoms with Gasteiger partial charge in [-0.25, -0.2) is 15.0 Å². The summed E-state index contributed by atoms with van der Waals surface area (Å²) in [6.07, 6.45) is 6.59. The first-order valence-corrected chi connectivity index (χ1v) is 20.9. The van der Waals surface area contributed by atoms with E-state index in [0.717, 1.165) is 12.0 Å². The van der Waals surface area contributed by atoms with Gasteiger partial charge >= 0.3 is 0 Å². The minimum atomic E-state index is -0.681. The van der Waals surface area contributed by atoms with E-state index in [1.54, 1.807) is 35.6 Å². The number of pyridine rings is 2. The van der Waals surface area contributed by atoms with Crippen LogP contribution in [0.3, 0.4) is 0 Å². The smallest absolute Gasteiger partial charge is 0.248 e. The highest BCUT2D eigenvalue weighted by molar-refractivity contribution is 9.10. The molecule has 2 aliphatic rings. The Morgan fingerprint density at radius 3 is 2.39 bits per heavy atom. The Balaban J connectivity index is 0.959. The predicted octanol–water partition coefficient (Wildman–Crippen LogP) is 2.22. The second-order valence-corrected chi connectivity index (χ2v) is 16.0. The summed E-state index contributed by atoms with van der Waals surface area (Å²) in [6.45, 7) is 7.67. The van der Waals surface area contributed by atoms with Gasteiger partial charge in [-0.3, -0.25) is 33.6 Å². The number of fused-ring (bicyclic) bond motifs is 2. The molecule has 4 aromatic rings. The highest BCUT2D eigenvalue weighted by Crippen LogP contribution is 2.59. The standard InChI is InChI=1S/C41H51BrN10O9/c1-25-4-6-34(42)48-39(25)49-40(57)31-17-41(3)18-33(41)52(31)37(56)22-51-32-21-45-30(16-29(32)38(50-51)26(2)53)27-19-46-35(47-20-27)7-5-28(54)23-60-14-13-59-11-9-44-36(55)24-61-15-12-58-10-8-43/h4,6,16,19-21,31,33H,5,7-15,17-18,22-24,43H2,1-3H3,(H,44,55)(H,48,49,57)/t31-,33+,41-/m0/s1. The summed E-state index contributed by atoms with van der Waals surface area (Å²) in [5.74, 6) is -0.339. The Morgan fingerprint density at radius 2 is 1.66 bits per heavy atom. The predicted molar refractivity (Wildman–Crippen MR) is 224 cm³/mol. The minimum Gasteiger partial charge on any atom is -0.378 e. The average Bonchev–Trinajstić information content (AvgIpc) is 3.60. The third-order valence-electron chi connectivity index (χ3n) is 10.5. The number of ether oxygens (including phenoxy) is 4. The molecule has 326 valence electrons. The summed E-state index contributed by atoms with van der Waals surface area (Å²) in [5, 5.41) is 10.6. The van der Waals surface area contributed by atoms with Gasteiger partial charge in [-0.2, -0.15) is 5.10 Å². The quantitative estimate of drug-likeness (QED) is 0.0519. The van der Waals surface area contributed by atoms with Crippen molar-refractivity contribution in [2.45, 2.75) is 65.1 Å². The van der Waals surface area contributed by atoms with Gasteiger partial charge in [0, 0.05) is 62.2 Å². The molecule has 1 saturated heterocycles. The monoisotopic (exact) mass is 906 g/mol. The van der Waals surface area contributed by atoms with Gasteiger partial charge in [0.15, 0.2) is 11.6 Å². The van der Waals surface area contributed by atoms with Crippen molar-refractivity contribution in [1.29, 1.82) is 0 Å². The molecule has 1 aliphatic carbocycles. The van der Waals surface area contributed by atoms with Crippen molar-refractivity contribution in [3.05, 3.63) is 58.5 Å². The van der Waals surface area contributed by atoms with E-state index >= 15 is 0 Å². The molecule has 4 aromatic heterocycles. The van der Waals surface area contributed by atoms with Crippen LogP contribution in [0.1, 0.15) is 55.0 Å². The number of nitrogens with two attached hydrogens (primary N) is 1. The zero-order valence-corrected chi connectivity index (χ0v) is 36.1. The fraction of sp³-hybridized carbons (Fsp3) is 0.512. The maximum atomic E-state index is 14.0. The van der Waals surface area contributed by atoms with Crippen LogP contribution < -0.4 is 16.4 Å². The van der Waals surface area contributed by atoms with Crippen LogP contribution in [0.5, 0.6) is 0 Å². The number of carbonyl (C=O) groups excluding carboxylic acids is 5. The van der Waals surface area contributed by atoms with Gasteiger partial charge in [-0.1, -0.05) is 13.0 Å². The van der Waals surface area contributed by atoms with Crippen LogP contribution >= 0.6 is 15.9 Å². The first-order valence-electron chi connectivity index (χ1n) is 20.1. The highest BCUT2D eigenvalue weighted by atomic mass is 79.9. The number of aryl methyl sites for hydroxylation is 2. The average molecular weight is 908 g/mol. The Kier molecular flexibility index (Phi) is 15.7. The number of carbonyl (C=O) groups is 5. The number of hydrogen-bond acceptors (Lipinski definition) is 15. The molecule has 0 aromatic carbocycles. The minimum absolute atomic E-state index is 0.0689. The highest BCUT2D eigenvalue weighted by Gasteiger charge is 2.64. The van der Waals surface area contributed by atoms with Crippen molar-refractivity contribution in [3.63, 3.8) is 0 Å². The molecule has 20 heteroatoms. The molecule has 3 amide bonds. The Hall–Kier alpha value is -5.12. The number of ketones is 2. The van der Waals surface area contributed by atoms with Crippen molar-refractivity contribution in [1.82, 2.24) is 39.9 Å². The van der Waals surface area contributed by atoms with Crippen LogP contribution in [-0.2, 0) is 51.1 Å². The number of nitrogens with zero attached hydrogens (tertiary/aromatic N) is 7. The normalized spacial score (nSPS) is 18.0. The van der Waals surface area contributed by atoms with Crippen molar-refractivity contribution >= 4 is 61.9 Å². The summed E-state index contributed by atoms with van der Waals surface area (Å²) in [6, 6.07) is 4.61. The lowest BCUT2D eigenvalue weighted by Crippen LogP contribution is -2.47. The topological polar surface area (TPSA) is 245 Å². The zero-order valence-electron chi connectivity index (χ0n) is 34.5. The number of Topliss-reactive ketones (excluding diaryl/α,β-unsaturated/α-hetero) is 2. The van der Waals surface area contributed by atoms with Crippen LogP contribution in [0.15, 0.2) is 41.4 Å². The summed E-state index contributed by atoms with van der Waals surface area (Å²) in [4.78, 5) is 84.0. The largest absolute Gasteiger partial charge is 0.378 e. The molecule has 1 aliphatic heterocycles. The van der Waals surface area contributed by atoms with E-state index in [4.69, 9.17) is 24.7 Å². The number of halogens is 1. The van der Waals surface area contributed by atoms with E-state index in [1.807, 2.05) is 13.0 Å². The molecule has 0 bridgehead atoms. The fourth-order valence-electron chi connectivity index (χ4n) is 7.14. The van der Waals surface area contributed by atoms with Gasteiger partial charge in [0.1, 0.15) is 47.7 Å². The lowest BCUT2D eigenvalue weighted by Gasteiger charge is -2.27. The van der Waals surface area contributed by atoms with E-state index < -0.39 is 6.04 Å². The van der Waals surface area contributed by atoms with Gasteiger partial charge < -0.3 is 40.2 Å². The first-order chi connectivity index (χ1) is 29.4. The molecule has 19 nitrogen and oxygen atoms in total. The zero-order chi connectivity index (χ0) is 43.5. The molecule has 3 atom stereocenters. The second-order valence-electron chi connectivity index (χ2n) is 15.2. The van der Waals surface area contributed by atoms with Gasteiger partial charge in [-0.05, 0) is 58.8 Å². The molecule has 61 heavy (non-hydrogen) atoms. The van der Waals surface area contributed by atoms with Crippen LogP contribution in [-0.4, -0.2) is 142 Å². The van der Waals surface area contributed by atoms with E-state index in [0.29, 0.717) is 84.2 Å². The van der Waals surface area contributed by atoms with Gasteiger partial charge in [0.2, 0.25) is 17.7 Å². The molecular weight excluding hydrogens is 856 g/mol. The molecule has 5 heterocycles. The number of rotatable bonds is 24. The number of likely N-dealkylation sites (tertiary alicyclic amines) is 1. The van der Waals surface area contributed by atoms with E-state index in [2.05, 4.69) is 58.5 Å². The lowest BCUT2D eigenvalue weighted by atomic mass is 10.0. The Morgan fingerprint density at radius 1 is 0.934 bits per heavy atom. The van der Waals surface area contributed by atoms with Crippen LogP contribution in [0.2, 0.25) is 0 Å². The molecule has 0 unspecified atom stereocenters. The number of piperidine rings is 1. The summed E-state index contributed by atoms with van der Waals surface area (Å²) in [7, 11) is 0. The second kappa shape index (κ2) is 21.1. The van der Waals surface area contributed by atoms with Crippen molar-refractivity contribution < 1.29 is 42.9 Å². The van der Waals surface area contributed by atoms with Crippen molar-refractivity contribution in [2.75, 3.05) is 71.3 Å². The molecule has 0 spiro atoms. The van der Waals surface area contributed by atoms with Crippen LogP contribution in [0.25, 0.3) is 22.2 Å². The summed E-state index contributed by atoms with van der Waals surface area (Å²) < 4.78 is 23.3. The summed E-state index contributed by atoms with van der Waals surface area (Å²) >= 11 is 3.35. The molecule has 1 saturated carbocycles. The van der Waals surface area contributed by atoms with E-state index in [1.165, 1.54) is 11.6 Å². The third-order valence-corrected chi connectivity index (χ3v) is 10.9. The van der Waals surface area contributed by atoms with Crippen molar-refractivity contribution in [3.8, 4) is 11.3 Å². The molecule has 0 radical (unpaired) electrons. The maximum Gasteiger partial charge on any atom is 0.248 e. The van der Waals surface area contributed by atoms with Gasteiger partial charge in [-0.15, -0.1) is 0 Å². The number of hydrogen-bond donors (Lipinski definition) is 3. The van der Waals surface area contributed by atoms with E-state index in [9.17, 15) is 24.0 Å². The lowest BCUT2D eigenvalue weighted by molar-refractivity contribution is -0.138. The number of aromatic nitrogens is 6. The molecule has 2 fully saturated rings. The molecular formula is C41H51BrN10O9. The SMILES string of the molecule is CC(=O)c1nn(CC(=O)N2[C@H](C(=O)Nc3nc(Br)ccc3C)C[C@@]3(C)C[C@@H]23)c2cnc(-c3cnc(CCC(=O)COCCOCCNC(=O)COCCOCCN)nc3)cc12. The fourth-order valence-corrected chi connectivity index (χ4v) is 7.45. The number of anilines is 1. The van der Waals surface area contributed by atoms with E-state index in [-0.39, 0.29) is 92.4 Å². The number of nitrogens with one attached hydrogen (secondary N) is 2. The van der Waals surface area contributed by atoms with Gasteiger partial charge in [0.25, 0.3) is 0 Å². The Bertz CT molecular complexity index is 2220. The number of amides is 3. The Labute approximate surface area is 361 Å². The first kappa shape index (κ1) is 45.4.